The molecule has 0 saturated heterocycles. The van der Waals surface area contributed by atoms with E-state index in [1.165, 1.54) is 5.56 Å². The van der Waals surface area contributed by atoms with Crippen molar-refractivity contribution in [2.75, 3.05) is 0 Å². The van der Waals surface area contributed by atoms with Gasteiger partial charge in [-0.1, -0.05) is 12.6 Å². The van der Waals surface area contributed by atoms with Gasteiger partial charge in [-0.2, -0.15) is 0 Å². The summed E-state index contributed by atoms with van der Waals surface area (Å²) in [5.41, 5.74) is 1.20. The topological polar surface area (TPSA) is 0 Å². The molecule has 1 aromatic carbocycles. The van der Waals surface area contributed by atoms with Crippen molar-refractivity contribution in [1.29, 1.82) is 0 Å². The van der Waals surface area contributed by atoms with Crippen LogP contribution in [0, 0.1) is 6.92 Å². The first kappa shape index (κ1) is 8.50. The Kier molecular flexibility index (Phi) is 2.72. The lowest BCUT2D eigenvalue weighted by atomic mass is 10.2. The number of halogens is 2. The molecule has 10 heavy (non-hydrogen) atoms. The van der Waals surface area contributed by atoms with Gasteiger partial charge in [-0.05, 0) is 56.5 Å². The van der Waals surface area contributed by atoms with Crippen LogP contribution in [0.1, 0.15) is 5.56 Å². The van der Waals surface area contributed by atoms with Crippen molar-refractivity contribution in [1.82, 2.24) is 0 Å². The van der Waals surface area contributed by atoms with Crippen LogP contribution >= 0.6 is 44.5 Å². The highest BCUT2D eigenvalue weighted by Crippen LogP contribution is 2.29. The number of rotatable bonds is 0. The summed E-state index contributed by atoms with van der Waals surface area (Å²) >= 11 is 11.8. The summed E-state index contributed by atoms with van der Waals surface area (Å²) in [7, 11) is 0. The molecule has 1 radical (unpaired) electrons. The lowest BCUT2D eigenvalue weighted by Gasteiger charge is -1.99. The summed E-state index contributed by atoms with van der Waals surface area (Å²) < 4.78 is 1.96. The number of hydrogen-bond acceptors (Lipinski definition) is 0. The first-order valence-corrected chi connectivity index (χ1v) is 4.73. The van der Waals surface area contributed by atoms with Crippen LogP contribution in [0.25, 0.3) is 0 Å². The molecule has 0 N–H and O–H groups in total. The van der Waals surface area contributed by atoms with Crippen molar-refractivity contribution in [3.8, 4) is 0 Å². The molecular formula is C7H5Br2S. The van der Waals surface area contributed by atoms with Crippen LogP contribution < -0.4 is 0 Å². The van der Waals surface area contributed by atoms with Crippen molar-refractivity contribution >= 4 is 44.5 Å². The minimum Gasteiger partial charge on any atom is -0.0776 e. The molecule has 1 rings (SSSR count). The van der Waals surface area contributed by atoms with Crippen LogP contribution in [-0.4, -0.2) is 0 Å². The first-order valence-electron chi connectivity index (χ1n) is 2.74. The maximum Gasteiger partial charge on any atom is 0.0661 e. The average molecular weight is 281 g/mol. The molecule has 0 nitrogen and oxygen atoms in total. The summed E-state index contributed by atoms with van der Waals surface area (Å²) in [6, 6.07) is 4.01. The number of benzene rings is 1. The van der Waals surface area contributed by atoms with Crippen LogP contribution in [0.5, 0.6) is 0 Å². The lowest BCUT2D eigenvalue weighted by molar-refractivity contribution is 1.31. The standard InChI is InChI=1S/C7H5Br2S/c1-4-2-5(8)7(10)6(9)3-4/h2-3H,1H3. The van der Waals surface area contributed by atoms with E-state index in [9.17, 15) is 0 Å². The van der Waals surface area contributed by atoms with Crippen molar-refractivity contribution in [3.05, 3.63) is 26.6 Å². The van der Waals surface area contributed by atoms with Crippen molar-refractivity contribution in [3.63, 3.8) is 0 Å². The van der Waals surface area contributed by atoms with Gasteiger partial charge in [0.1, 0.15) is 0 Å². The van der Waals surface area contributed by atoms with E-state index >= 15 is 0 Å². The van der Waals surface area contributed by atoms with Crippen molar-refractivity contribution in [2.24, 2.45) is 0 Å². The fourth-order valence-corrected chi connectivity index (χ4v) is 2.22. The normalized spacial score (nSPS) is 9.90. The summed E-state index contributed by atoms with van der Waals surface area (Å²) in [5, 5.41) is 0. The molecule has 1 aromatic rings. The second-order valence-corrected chi connectivity index (χ2v) is 4.17. The van der Waals surface area contributed by atoms with E-state index in [4.69, 9.17) is 12.6 Å². The lowest BCUT2D eigenvalue weighted by Crippen LogP contribution is -1.76. The Hall–Kier alpha value is 0.400. The van der Waals surface area contributed by atoms with Crippen LogP contribution in [0.15, 0.2) is 26.0 Å². The minimum atomic E-state index is 0.839. The van der Waals surface area contributed by atoms with Gasteiger partial charge in [-0.15, -0.1) is 0 Å². The van der Waals surface area contributed by atoms with Crippen LogP contribution in [0.3, 0.4) is 0 Å². The maximum absolute atomic E-state index is 5.06. The largest absolute Gasteiger partial charge is 0.0776 e. The van der Waals surface area contributed by atoms with Crippen LogP contribution in [-0.2, 0) is 0 Å². The van der Waals surface area contributed by atoms with E-state index in [1.807, 2.05) is 19.1 Å². The molecule has 0 aliphatic carbocycles. The monoisotopic (exact) mass is 279 g/mol. The number of hydrogen-bond donors (Lipinski definition) is 0. The highest BCUT2D eigenvalue weighted by atomic mass is 79.9. The van der Waals surface area contributed by atoms with Gasteiger partial charge in [0, 0.05) is 8.95 Å². The van der Waals surface area contributed by atoms with Crippen molar-refractivity contribution in [2.45, 2.75) is 11.8 Å². The molecule has 0 bridgehead atoms. The van der Waals surface area contributed by atoms with Gasteiger partial charge in [-0.3, -0.25) is 0 Å². The number of aryl methyl sites for hydroxylation is 1. The van der Waals surface area contributed by atoms with E-state index in [-0.39, 0.29) is 0 Å². The molecule has 3 heteroatoms. The fourth-order valence-electron chi connectivity index (χ4n) is 0.687. The molecule has 53 valence electrons. The fraction of sp³-hybridized carbons (Fsp3) is 0.143. The Morgan fingerprint density at radius 1 is 1.20 bits per heavy atom. The Morgan fingerprint density at radius 3 is 2.00 bits per heavy atom. The van der Waals surface area contributed by atoms with Crippen LogP contribution in [0.2, 0.25) is 0 Å². The zero-order valence-electron chi connectivity index (χ0n) is 5.32. The predicted molar refractivity (Wildman–Crippen MR) is 52.4 cm³/mol. The Balaban J connectivity index is 3.31. The second-order valence-electron chi connectivity index (χ2n) is 2.06. The molecule has 0 atom stereocenters. The SMILES string of the molecule is Cc1cc(Br)c([S])c(Br)c1. The van der Waals surface area contributed by atoms with E-state index in [0.717, 1.165) is 13.8 Å². The molecule has 0 fully saturated rings. The predicted octanol–water partition coefficient (Wildman–Crippen LogP) is 4.08. The smallest absolute Gasteiger partial charge is 0.0661 e. The summed E-state index contributed by atoms with van der Waals surface area (Å²) in [4.78, 5) is 0.839. The van der Waals surface area contributed by atoms with Gasteiger partial charge in [0.2, 0.25) is 0 Å². The van der Waals surface area contributed by atoms with Gasteiger partial charge in [0.05, 0.1) is 4.90 Å². The van der Waals surface area contributed by atoms with Crippen LogP contribution in [0.4, 0.5) is 0 Å². The molecule has 0 aliphatic heterocycles. The molecule has 0 heterocycles. The quantitative estimate of drug-likeness (QED) is 0.672. The third kappa shape index (κ3) is 1.71. The molecule has 0 amide bonds. The molecular weight excluding hydrogens is 276 g/mol. The summed E-state index contributed by atoms with van der Waals surface area (Å²) in [6.07, 6.45) is 0. The zero-order valence-corrected chi connectivity index (χ0v) is 9.31. The average Bonchev–Trinajstić information content (AvgIpc) is 1.82. The van der Waals surface area contributed by atoms with E-state index in [0.29, 0.717) is 0 Å². The van der Waals surface area contributed by atoms with E-state index in [2.05, 4.69) is 31.9 Å². The van der Waals surface area contributed by atoms with Crippen molar-refractivity contribution < 1.29 is 0 Å². The van der Waals surface area contributed by atoms with Gasteiger partial charge < -0.3 is 0 Å². The van der Waals surface area contributed by atoms with E-state index < -0.39 is 0 Å². The van der Waals surface area contributed by atoms with Gasteiger partial charge in [0.25, 0.3) is 0 Å². The Labute approximate surface area is 82.7 Å². The minimum absolute atomic E-state index is 0.839. The summed E-state index contributed by atoms with van der Waals surface area (Å²) in [5.74, 6) is 0. The zero-order chi connectivity index (χ0) is 7.72. The summed E-state index contributed by atoms with van der Waals surface area (Å²) in [6.45, 7) is 2.03. The van der Waals surface area contributed by atoms with Gasteiger partial charge >= 0.3 is 0 Å². The highest BCUT2D eigenvalue weighted by Gasteiger charge is 2.01. The molecule has 0 aliphatic rings. The molecule has 0 unspecified atom stereocenters. The molecule has 0 spiro atoms. The second kappa shape index (κ2) is 3.20. The Bertz CT molecular complexity index is 235. The maximum atomic E-state index is 5.06. The van der Waals surface area contributed by atoms with E-state index in [1.54, 1.807) is 0 Å². The third-order valence-electron chi connectivity index (χ3n) is 1.14. The van der Waals surface area contributed by atoms with Gasteiger partial charge in [0.15, 0.2) is 0 Å². The molecule has 0 saturated carbocycles. The highest BCUT2D eigenvalue weighted by molar-refractivity contribution is 9.11. The Morgan fingerprint density at radius 2 is 1.60 bits per heavy atom. The molecule has 0 aromatic heterocycles. The van der Waals surface area contributed by atoms with Gasteiger partial charge in [-0.25, -0.2) is 0 Å². The third-order valence-corrected chi connectivity index (χ3v) is 3.36. The first-order chi connectivity index (χ1) is 4.61.